The predicted octanol–water partition coefficient (Wildman–Crippen LogP) is 5.60. The molecule has 206 valence electrons. The largest absolute Gasteiger partial charge is 0.497 e. The Balaban J connectivity index is 1.43. The van der Waals surface area contributed by atoms with Crippen LogP contribution in [-0.2, 0) is 9.53 Å². The van der Waals surface area contributed by atoms with Crippen molar-refractivity contribution in [1.29, 1.82) is 0 Å². The molecule has 1 aliphatic rings. The van der Waals surface area contributed by atoms with E-state index in [1.54, 1.807) is 36.1 Å². The summed E-state index contributed by atoms with van der Waals surface area (Å²) < 4.78 is 27.3. The summed E-state index contributed by atoms with van der Waals surface area (Å²) >= 11 is 6.06. The number of carbonyl (C=O) groups is 2. The molecule has 1 saturated heterocycles. The minimum atomic E-state index is -0.647. The lowest BCUT2D eigenvalue weighted by Crippen LogP contribution is -2.42. The molecule has 0 saturated carbocycles. The summed E-state index contributed by atoms with van der Waals surface area (Å²) in [6.07, 6.45) is 3.19. The molecule has 0 radical (unpaired) electrons. The minimum absolute atomic E-state index is 0.101. The molecule has 40 heavy (non-hydrogen) atoms. The van der Waals surface area contributed by atoms with Crippen LogP contribution in [0.25, 0.3) is 16.9 Å². The monoisotopic (exact) mass is 562 g/mol. The van der Waals surface area contributed by atoms with E-state index in [2.05, 4.69) is 10.3 Å². The van der Waals surface area contributed by atoms with Crippen LogP contribution in [0.15, 0.2) is 79.0 Å². The van der Waals surface area contributed by atoms with Gasteiger partial charge in [-0.1, -0.05) is 41.9 Å². The van der Waals surface area contributed by atoms with E-state index < -0.39 is 17.6 Å². The second-order valence-electron chi connectivity index (χ2n) is 9.38. The van der Waals surface area contributed by atoms with Gasteiger partial charge in [-0.2, -0.15) is 0 Å². The molecule has 1 fully saturated rings. The number of halogens is 2. The van der Waals surface area contributed by atoms with Gasteiger partial charge in [-0.3, -0.25) is 19.5 Å². The van der Waals surface area contributed by atoms with E-state index in [1.165, 1.54) is 23.1 Å². The van der Waals surface area contributed by atoms with Crippen molar-refractivity contribution in [3.8, 4) is 22.7 Å². The highest BCUT2D eigenvalue weighted by Gasteiger charge is 2.27. The van der Waals surface area contributed by atoms with Crippen LogP contribution in [0.2, 0.25) is 5.02 Å². The normalized spacial score (nSPS) is 14.6. The molecular formula is C30H28ClFN4O4. The fraction of sp³-hybridized carbons (Fsp3) is 0.233. The van der Waals surface area contributed by atoms with Crippen LogP contribution in [0.5, 0.6) is 5.75 Å². The van der Waals surface area contributed by atoms with Crippen LogP contribution in [0.3, 0.4) is 0 Å². The smallest absolute Gasteiger partial charge is 0.257 e. The van der Waals surface area contributed by atoms with Gasteiger partial charge in [-0.05, 0) is 49.2 Å². The Hall–Kier alpha value is -4.21. The summed E-state index contributed by atoms with van der Waals surface area (Å²) in [5.74, 6) is -0.832. The molecule has 1 atom stereocenters. The number of aromatic nitrogens is 2. The van der Waals surface area contributed by atoms with Crippen molar-refractivity contribution in [3.63, 3.8) is 0 Å². The lowest BCUT2D eigenvalue weighted by molar-refractivity contribution is -0.117. The maximum Gasteiger partial charge on any atom is 0.257 e. The zero-order chi connectivity index (χ0) is 28.1. The number of anilines is 1. The summed E-state index contributed by atoms with van der Waals surface area (Å²) in [5, 5.41) is 3.43. The number of rotatable bonds is 9. The molecule has 8 nitrogen and oxygen atoms in total. The highest BCUT2D eigenvalue weighted by Crippen LogP contribution is 2.27. The quantitative estimate of drug-likeness (QED) is 0.287. The fourth-order valence-electron chi connectivity index (χ4n) is 4.58. The van der Waals surface area contributed by atoms with Crippen molar-refractivity contribution < 1.29 is 23.5 Å². The van der Waals surface area contributed by atoms with Crippen LogP contribution in [-0.4, -0.2) is 59.2 Å². The average Bonchev–Trinajstić information content (AvgIpc) is 3.63. The van der Waals surface area contributed by atoms with Crippen LogP contribution in [0.1, 0.15) is 23.2 Å². The number of hydrogen-bond acceptors (Lipinski definition) is 5. The molecule has 4 aromatic rings. The molecule has 0 unspecified atom stereocenters. The standard InChI is InChI=1S/C30H28ClFN4O4/c1-39-23-7-4-6-22(16-23)36-18-27(20-11-13-21(31)14-12-20)33-30(36)34-28(37)19-35(17-24-8-5-15-40-24)29(38)25-9-2-3-10-26(25)32/h2-4,6-7,9-14,16,18,24H,5,8,15,17,19H2,1H3,(H,33,34,37)/t24-/m0/s1. The van der Waals surface area contributed by atoms with Gasteiger partial charge in [-0.25, -0.2) is 9.37 Å². The second-order valence-corrected chi connectivity index (χ2v) is 9.81. The van der Waals surface area contributed by atoms with E-state index in [-0.39, 0.29) is 30.7 Å². The van der Waals surface area contributed by atoms with Crippen LogP contribution in [0.4, 0.5) is 10.3 Å². The van der Waals surface area contributed by atoms with Crippen molar-refractivity contribution in [2.24, 2.45) is 0 Å². The van der Waals surface area contributed by atoms with Gasteiger partial charge in [0.15, 0.2) is 0 Å². The summed E-state index contributed by atoms with van der Waals surface area (Å²) in [4.78, 5) is 32.7. The van der Waals surface area contributed by atoms with Crippen molar-refractivity contribution in [1.82, 2.24) is 14.5 Å². The van der Waals surface area contributed by atoms with Gasteiger partial charge in [0, 0.05) is 36.0 Å². The lowest BCUT2D eigenvalue weighted by Gasteiger charge is -2.25. The molecule has 10 heteroatoms. The van der Waals surface area contributed by atoms with Crippen molar-refractivity contribution in [3.05, 3.63) is 95.4 Å². The van der Waals surface area contributed by atoms with Crippen LogP contribution >= 0.6 is 11.6 Å². The van der Waals surface area contributed by atoms with E-state index in [4.69, 9.17) is 21.1 Å². The summed E-state index contributed by atoms with van der Waals surface area (Å²) in [5.41, 5.74) is 2.02. The third-order valence-corrected chi connectivity index (χ3v) is 6.85. The summed E-state index contributed by atoms with van der Waals surface area (Å²) in [6, 6.07) is 20.2. The molecule has 1 N–H and O–H groups in total. The fourth-order valence-corrected chi connectivity index (χ4v) is 4.71. The van der Waals surface area contributed by atoms with Gasteiger partial charge in [-0.15, -0.1) is 0 Å². The SMILES string of the molecule is COc1cccc(-n2cc(-c3ccc(Cl)cc3)nc2NC(=O)CN(C[C@@H]2CCCO2)C(=O)c2ccccc2F)c1. The highest BCUT2D eigenvalue weighted by atomic mass is 35.5. The molecule has 2 amide bonds. The number of imidazole rings is 1. The van der Waals surface area contributed by atoms with Crippen LogP contribution < -0.4 is 10.1 Å². The molecule has 3 aromatic carbocycles. The molecule has 0 spiro atoms. The van der Waals surface area contributed by atoms with Gasteiger partial charge in [0.05, 0.1) is 30.2 Å². The van der Waals surface area contributed by atoms with Crippen molar-refractivity contribution in [2.75, 3.05) is 32.1 Å². The maximum atomic E-state index is 14.5. The molecule has 0 aliphatic carbocycles. The van der Waals surface area contributed by atoms with Gasteiger partial charge in [0.25, 0.3) is 5.91 Å². The number of benzene rings is 3. The van der Waals surface area contributed by atoms with Gasteiger partial charge >= 0.3 is 0 Å². The predicted molar refractivity (Wildman–Crippen MR) is 150 cm³/mol. The number of hydrogen-bond donors (Lipinski definition) is 1. The maximum absolute atomic E-state index is 14.5. The number of ether oxygens (including phenoxy) is 2. The first-order chi connectivity index (χ1) is 19.4. The van der Waals surface area contributed by atoms with Gasteiger partial charge in [0.2, 0.25) is 11.9 Å². The molecule has 1 aromatic heterocycles. The van der Waals surface area contributed by atoms with E-state index in [0.717, 1.165) is 18.4 Å². The Kier molecular flexibility index (Phi) is 8.42. The van der Waals surface area contributed by atoms with Crippen molar-refractivity contribution in [2.45, 2.75) is 18.9 Å². The molecular weight excluding hydrogens is 535 g/mol. The number of nitrogens with one attached hydrogen (secondary N) is 1. The number of carbonyl (C=O) groups excluding carboxylic acids is 2. The Morgan fingerprint density at radius 3 is 2.67 bits per heavy atom. The summed E-state index contributed by atoms with van der Waals surface area (Å²) in [6.45, 7) is 0.444. The second kappa shape index (κ2) is 12.3. The Labute approximate surface area is 236 Å². The average molecular weight is 563 g/mol. The van der Waals surface area contributed by atoms with E-state index >= 15 is 0 Å². The number of methoxy groups -OCH3 is 1. The first-order valence-electron chi connectivity index (χ1n) is 12.9. The number of nitrogens with zero attached hydrogens (tertiary/aromatic N) is 3. The first kappa shape index (κ1) is 27.4. The molecule has 1 aliphatic heterocycles. The Morgan fingerprint density at radius 2 is 1.95 bits per heavy atom. The summed E-state index contributed by atoms with van der Waals surface area (Å²) in [7, 11) is 1.57. The first-order valence-corrected chi connectivity index (χ1v) is 13.2. The Bertz CT molecular complexity index is 1500. The van der Waals surface area contributed by atoms with E-state index in [1.807, 2.05) is 36.4 Å². The molecule has 2 heterocycles. The zero-order valence-corrected chi connectivity index (χ0v) is 22.6. The molecule has 5 rings (SSSR count). The zero-order valence-electron chi connectivity index (χ0n) is 21.8. The minimum Gasteiger partial charge on any atom is -0.497 e. The highest BCUT2D eigenvalue weighted by molar-refractivity contribution is 6.30. The number of amides is 2. The third-order valence-electron chi connectivity index (χ3n) is 6.60. The van der Waals surface area contributed by atoms with E-state index in [9.17, 15) is 14.0 Å². The van der Waals surface area contributed by atoms with Gasteiger partial charge < -0.3 is 14.4 Å². The topological polar surface area (TPSA) is 85.7 Å². The lowest BCUT2D eigenvalue weighted by atomic mass is 10.1. The van der Waals surface area contributed by atoms with Crippen LogP contribution in [0, 0.1) is 5.82 Å². The third kappa shape index (κ3) is 6.32. The van der Waals surface area contributed by atoms with Gasteiger partial charge in [0.1, 0.15) is 18.1 Å². The van der Waals surface area contributed by atoms with Crippen molar-refractivity contribution >= 4 is 29.4 Å². The Morgan fingerprint density at radius 1 is 1.15 bits per heavy atom. The van der Waals surface area contributed by atoms with E-state index in [0.29, 0.717) is 28.8 Å². The molecule has 0 bridgehead atoms.